The highest BCUT2D eigenvalue weighted by atomic mass is 32.1. The topological polar surface area (TPSA) is 78.3 Å². The molecule has 2 heterocycles. The van der Waals surface area contributed by atoms with Gasteiger partial charge in [0.2, 0.25) is 0 Å². The summed E-state index contributed by atoms with van der Waals surface area (Å²) in [4.78, 5) is 41.1. The van der Waals surface area contributed by atoms with Crippen molar-refractivity contribution in [2.24, 2.45) is 0 Å². The van der Waals surface area contributed by atoms with Crippen molar-refractivity contribution in [1.82, 2.24) is 9.55 Å². The van der Waals surface area contributed by atoms with Crippen molar-refractivity contribution in [1.29, 1.82) is 0 Å². The van der Waals surface area contributed by atoms with E-state index in [1.807, 2.05) is 0 Å². The standard InChI is InChI=1S/C15H18N2O4S/c1-5-21-15(20)12-9(3)11-13(22-12)16-10(4)17(14(11)19)7-6-8(2)18/h5-7H2,1-4H3. The van der Waals surface area contributed by atoms with Gasteiger partial charge in [0, 0.05) is 13.0 Å². The molecule has 0 bridgehead atoms. The maximum Gasteiger partial charge on any atom is 0.348 e. The second-order valence-corrected chi connectivity index (χ2v) is 6.02. The first-order valence-corrected chi connectivity index (χ1v) is 7.85. The first-order chi connectivity index (χ1) is 10.4. The Morgan fingerprint density at radius 1 is 1.32 bits per heavy atom. The zero-order chi connectivity index (χ0) is 16.4. The number of rotatable bonds is 5. The van der Waals surface area contributed by atoms with Gasteiger partial charge in [0.25, 0.3) is 5.56 Å². The maximum atomic E-state index is 12.6. The van der Waals surface area contributed by atoms with Gasteiger partial charge in [0.15, 0.2) is 0 Å². The highest BCUT2D eigenvalue weighted by Crippen LogP contribution is 2.28. The number of carbonyl (C=O) groups is 2. The van der Waals surface area contributed by atoms with E-state index in [1.165, 1.54) is 22.8 Å². The summed E-state index contributed by atoms with van der Waals surface area (Å²) in [5.41, 5.74) is 0.376. The summed E-state index contributed by atoms with van der Waals surface area (Å²) >= 11 is 1.17. The van der Waals surface area contributed by atoms with Crippen LogP contribution < -0.4 is 5.56 Å². The molecule has 7 heteroatoms. The molecule has 118 valence electrons. The molecule has 0 aliphatic rings. The van der Waals surface area contributed by atoms with Crippen molar-refractivity contribution in [3.8, 4) is 0 Å². The van der Waals surface area contributed by atoms with Gasteiger partial charge in [-0.2, -0.15) is 0 Å². The van der Waals surface area contributed by atoms with Crippen LogP contribution in [0.25, 0.3) is 10.2 Å². The molecule has 2 aromatic heterocycles. The molecule has 0 aliphatic carbocycles. The van der Waals surface area contributed by atoms with E-state index >= 15 is 0 Å². The van der Waals surface area contributed by atoms with Gasteiger partial charge in [-0.25, -0.2) is 9.78 Å². The number of ether oxygens (including phenoxy) is 1. The Hall–Kier alpha value is -2.02. The smallest absolute Gasteiger partial charge is 0.348 e. The first-order valence-electron chi connectivity index (χ1n) is 7.03. The molecule has 22 heavy (non-hydrogen) atoms. The van der Waals surface area contributed by atoms with Gasteiger partial charge in [-0.3, -0.25) is 14.2 Å². The van der Waals surface area contributed by atoms with Crippen molar-refractivity contribution >= 4 is 33.3 Å². The van der Waals surface area contributed by atoms with Gasteiger partial charge in [-0.1, -0.05) is 0 Å². The minimum atomic E-state index is -0.435. The lowest BCUT2D eigenvalue weighted by atomic mass is 10.2. The number of hydrogen-bond acceptors (Lipinski definition) is 6. The summed E-state index contributed by atoms with van der Waals surface area (Å²) in [5.74, 6) is 0.117. The van der Waals surface area contributed by atoms with Crippen LogP contribution in [0, 0.1) is 13.8 Å². The lowest BCUT2D eigenvalue weighted by Crippen LogP contribution is -2.24. The third-order valence-electron chi connectivity index (χ3n) is 3.39. The number of Topliss-reactive ketones (excluding diaryl/α,β-unsaturated/α-hetero) is 1. The Labute approximate surface area is 131 Å². The highest BCUT2D eigenvalue weighted by molar-refractivity contribution is 7.20. The fourth-order valence-corrected chi connectivity index (χ4v) is 3.35. The molecule has 2 aromatic rings. The molecule has 0 aliphatic heterocycles. The predicted octanol–water partition coefficient (Wildman–Crippen LogP) is 2.23. The number of thiophene rings is 1. The largest absolute Gasteiger partial charge is 0.462 e. The van der Waals surface area contributed by atoms with E-state index in [-0.39, 0.29) is 24.4 Å². The molecular formula is C15H18N2O4S. The van der Waals surface area contributed by atoms with Gasteiger partial charge >= 0.3 is 5.97 Å². The molecule has 0 radical (unpaired) electrons. The molecule has 0 atom stereocenters. The predicted molar refractivity (Wildman–Crippen MR) is 84.6 cm³/mol. The van der Waals surface area contributed by atoms with Gasteiger partial charge in [-0.05, 0) is 33.3 Å². The Balaban J connectivity index is 2.59. The third-order valence-corrected chi connectivity index (χ3v) is 4.56. The van der Waals surface area contributed by atoms with Gasteiger partial charge in [0.1, 0.15) is 21.3 Å². The normalized spacial score (nSPS) is 10.9. The van der Waals surface area contributed by atoms with Crippen LogP contribution in [-0.2, 0) is 16.1 Å². The number of aryl methyl sites for hydroxylation is 2. The number of fused-ring (bicyclic) bond motifs is 1. The lowest BCUT2D eigenvalue weighted by molar-refractivity contribution is -0.117. The summed E-state index contributed by atoms with van der Waals surface area (Å²) in [7, 11) is 0. The average molecular weight is 322 g/mol. The zero-order valence-electron chi connectivity index (χ0n) is 13.1. The molecule has 0 aromatic carbocycles. The average Bonchev–Trinajstić information content (AvgIpc) is 2.75. The summed E-state index contributed by atoms with van der Waals surface area (Å²) in [6.45, 7) is 7.24. The Morgan fingerprint density at radius 2 is 2.00 bits per heavy atom. The molecule has 0 unspecified atom stereocenters. The summed E-state index contributed by atoms with van der Waals surface area (Å²) in [6.07, 6.45) is 0.280. The van der Waals surface area contributed by atoms with Crippen LogP contribution in [0.5, 0.6) is 0 Å². The van der Waals surface area contributed by atoms with Crippen LogP contribution >= 0.6 is 11.3 Å². The summed E-state index contributed by atoms with van der Waals surface area (Å²) < 4.78 is 6.49. The minimum Gasteiger partial charge on any atom is -0.462 e. The molecule has 0 saturated carbocycles. The second kappa shape index (κ2) is 6.39. The van der Waals surface area contributed by atoms with Gasteiger partial charge in [0.05, 0.1) is 12.0 Å². The molecule has 2 rings (SSSR count). The minimum absolute atomic E-state index is 0.0145. The Kier molecular flexibility index (Phi) is 4.75. The van der Waals surface area contributed by atoms with Gasteiger partial charge < -0.3 is 4.74 Å². The molecule has 0 spiro atoms. The van der Waals surface area contributed by atoms with Crippen molar-refractivity contribution in [2.45, 2.75) is 40.7 Å². The van der Waals surface area contributed by atoms with Crippen molar-refractivity contribution in [3.63, 3.8) is 0 Å². The van der Waals surface area contributed by atoms with E-state index in [0.29, 0.717) is 33.0 Å². The number of ketones is 1. The van der Waals surface area contributed by atoms with Crippen LogP contribution in [0.2, 0.25) is 0 Å². The van der Waals surface area contributed by atoms with E-state index in [0.717, 1.165) is 0 Å². The quantitative estimate of drug-likeness (QED) is 0.789. The zero-order valence-corrected chi connectivity index (χ0v) is 13.9. The highest BCUT2D eigenvalue weighted by Gasteiger charge is 2.21. The third kappa shape index (κ3) is 2.94. The molecular weight excluding hydrogens is 304 g/mol. The fraction of sp³-hybridized carbons (Fsp3) is 0.467. The van der Waals surface area contributed by atoms with Crippen LogP contribution in [0.1, 0.15) is 41.3 Å². The van der Waals surface area contributed by atoms with Crippen LogP contribution in [0.4, 0.5) is 0 Å². The summed E-state index contributed by atoms with van der Waals surface area (Å²) in [6, 6.07) is 0. The van der Waals surface area contributed by atoms with Crippen LogP contribution in [-0.4, -0.2) is 27.9 Å². The lowest BCUT2D eigenvalue weighted by Gasteiger charge is -2.08. The summed E-state index contributed by atoms with van der Waals surface area (Å²) in [5, 5.41) is 0.433. The van der Waals surface area contributed by atoms with E-state index < -0.39 is 5.97 Å². The van der Waals surface area contributed by atoms with Crippen molar-refractivity contribution < 1.29 is 14.3 Å². The fourth-order valence-electron chi connectivity index (χ4n) is 2.24. The Morgan fingerprint density at radius 3 is 2.59 bits per heavy atom. The maximum absolute atomic E-state index is 12.6. The van der Waals surface area contributed by atoms with Crippen LogP contribution in [0.15, 0.2) is 4.79 Å². The second-order valence-electron chi connectivity index (χ2n) is 5.02. The molecule has 0 amide bonds. The van der Waals surface area contributed by atoms with Crippen molar-refractivity contribution in [2.75, 3.05) is 6.61 Å². The number of nitrogens with zero attached hydrogens (tertiary/aromatic N) is 2. The van der Waals surface area contributed by atoms with Crippen molar-refractivity contribution in [3.05, 3.63) is 26.6 Å². The molecule has 0 saturated heterocycles. The van der Waals surface area contributed by atoms with E-state index in [9.17, 15) is 14.4 Å². The van der Waals surface area contributed by atoms with E-state index in [1.54, 1.807) is 20.8 Å². The van der Waals surface area contributed by atoms with E-state index in [2.05, 4.69) is 4.98 Å². The van der Waals surface area contributed by atoms with E-state index in [4.69, 9.17) is 4.74 Å². The molecule has 0 fully saturated rings. The first kappa shape index (κ1) is 16.4. The number of carbonyl (C=O) groups excluding carboxylic acids is 2. The van der Waals surface area contributed by atoms with Gasteiger partial charge in [-0.15, -0.1) is 11.3 Å². The number of hydrogen-bond donors (Lipinski definition) is 0. The number of aromatic nitrogens is 2. The molecule has 6 nitrogen and oxygen atoms in total. The van der Waals surface area contributed by atoms with Crippen LogP contribution in [0.3, 0.4) is 0 Å². The number of esters is 1. The monoisotopic (exact) mass is 322 g/mol. The Bertz CT molecular complexity index is 804. The molecule has 0 N–H and O–H groups in total. The SMILES string of the molecule is CCOC(=O)c1sc2nc(C)n(CCC(C)=O)c(=O)c2c1C.